The maximum atomic E-state index is 13.5. The molecule has 1 aromatic heterocycles. The zero-order valence-corrected chi connectivity index (χ0v) is 23.1. The molecule has 2 aliphatic carbocycles. The molecule has 2 N–H and O–H groups in total. The van der Waals surface area contributed by atoms with Crippen LogP contribution in [0.3, 0.4) is 0 Å². The number of anilines is 1. The molecule has 1 radical (unpaired) electrons. The molecule has 0 aliphatic heterocycles. The third-order valence-electron chi connectivity index (χ3n) is 7.35. The van der Waals surface area contributed by atoms with E-state index >= 15 is 0 Å². The van der Waals surface area contributed by atoms with Gasteiger partial charge in [-0.15, -0.1) is 0 Å². The standard InChI is InChI=1S/C29H27BClF5N3O3/c30-20-7-5-18(37-23-13-26(29(34,35)36)38-21-8-4-17(31)12-19(21)23)6-9-22(20)39-27(40)16-3-10-24(42-28(32)33)25(11-16)41-14-15-1-2-15/h3-4,8,10-13,15,18,22,28H,1-2,5-7,9,14H2,(H,37,38)(H,39,40)/t18-,22-/m0/s1. The number of aromatic nitrogens is 1. The molecule has 2 aromatic carbocycles. The molecule has 13 heteroatoms. The number of hydrogen-bond donors (Lipinski definition) is 2. The number of benzene rings is 2. The Kier molecular flexibility index (Phi) is 8.91. The molecule has 221 valence electrons. The summed E-state index contributed by atoms with van der Waals surface area (Å²) in [5, 5.41) is 6.93. The van der Waals surface area contributed by atoms with Crippen molar-refractivity contribution in [2.24, 2.45) is 5.92 Å². The van der Waals surface area contributed by atoms with E-state index in [4.69, 9.17) is 23.8 Å². The first-order chi connectivity index (χ1) is 20.0. The predicted molar refractivity (Wildman–Crippen MR) is 151 cm³/mol. The summed E-state index contributed by atoms with van der Waals surface area (Å²) in [6.45, 7) is -2.71. The van der Waals surface area contributed by atoms with Gasteiger partial charge in [-0.25, -0.2) is 0 Å². The summed E-state index contributed by atoms with van der Waals surface area (Å²) in [6, 6.07) is 8.71. The van der Waals surface area contributed by atoms with Crippen LogP contribution in [0.5, 0.6) is 11.5 Å². The van der Waals surface area contributed by atoms with Gasteiger partial charge in [0.15, 0.2) is 0 Å². The number of carbonyl (C=O) groups excluding carboxylic acids is 1. The molecule has 0 saturated heterocycles. The van der Waals surface area contributed by atoms with Gasteiger partial charge < -0.3 is 0 Å². The summed E-state index contributed by atoms with van der Waals surface area (Å²) in [5.41, 5.74) is 0.107. The van der Waals surface area contributed by atoms with Gasteiger partial charge >= 0.3 is 245 Å². The summed E-state index contributed by atoms with van der Waals surface area (Å²) in [5.74, 6) is -0.222. The van der Waals surface area contributed by atoms with Crippen molar-refractivity contribution in [3.8, 4) is 11.5 Å². The van der Waals surface area contributed by atoms with Crippen LogP contribution in [0, 0.1) is 5.92 Å². The average molecular weight is 607 g/mol. The Morgan fingerprint density at radius 3 is 2.55 bits per heavy atom. The molecule has 0 bridgehead atoms. The van der Waals surface area contributed by atoms with Crippen molar-refractivity contribution >= 4 is 47.0 Å². The van der Waals surface area contributed by atoms with Gasteiger partial charge in [-0.3, -0.25) is 0 Å². The molecule has 5 rings (SSSR count). The summed E-state index contributed by atoms with van der Waals surface area (Å²) in [7, 11) is 6.32. The zero-order chi connectivity index (χ0) is 30.0. The van der Waals surface area contributed by atoms with Gasteiger partial charge in [0, 0.05) is 0 Å². The van der Waals surface area contributed by atoms with Gasteiger partial charge in [-0.1, -0.05) is 0 Å². The Morgan fingerprint density at radius 1 is 1.05 bits per heavy atom. The molecule has 3 aromatic rings. The quantitative estimate of drug-likeness (QED) is 0.159. The van der Waals surface area contributed by atoms with Crippen molar-refractivity contribution in [2.75, 3.05) is 11.9 Å². The van der Waals surface area contributed by atoms with Crippen molar-refractivity contribution in [3.05, 3.63) is 58.7 Å². The van der Waals surface area contributed by atoms with Gasteiger partial charge in [-0.2, -0.15) is 0 Å². The number of alkyl halides is 5. The Bertz CT molecular complexity index is 1480. The second-order valence-electron chi connectivity index (χ2n) is 10.6. The van der Waals surface area contributed by atoms with Crippen molar-refractivity contribution in [3.63, 3.8) is 0 Å². The number of carbonyl (C=O) groups is 1. The SMILES string of the molecule is [B]=C1CC[C@H](Nc2cc(C(F)(F)F)nc3ccc(Cl)cc23)CC[C@@H]1NC(=O)c1ccc(OC(F)F)c(OCC2CC2)c1. The molecule has 6 nitrogen and oxygen atoms in total. The molecule has 0 spiro atoms. The number of halogens is 6. The summed E-state index contributed by atoms with van der Waals surface area (Å²) in [4.78, 5) is 16.9. The van der Waals surface area contributed by atoms with Crippen molar-refractivity contribution in [1.29, 1.82) is 0 Å². The number of amides is 1. The first kappa shape index (κ1) is 30.1. The monoisotopic (exact) mass is 606 g/mol. The summed E-state index contributed by atoms with van der Waals surface area (Å²) in [6.07, 6.45) is -0.803. The molecule has 2 atom stereocenters. The van der Waals surface area contributed by atoms with E-state index < -0.39 is 30.4 Å². The second kappa shape index (κ2) is 12.4. The van der Waals surface area contributed by atoms with Gasteiger partial charge in [-0.05, 0) is 0 Å². The van der Waals surface area contributed by atoms with E-state index in [2.05, 4.69) is 20.4 Å². The van der Waals surface area contributed by atoms with E-state index in [0.29, 0.717) is 54.1 Å². The first-order valence-electron chi connectivity index (χ1n) is 13.5. The maximum absolute atomic E-state index is 13.5. The normalized spacial score (nSPS) is 19.4. The molecule has 1 amide bonds. The predicted octanol–water partition coefficient (Wildman–Crippen LogP) is 6.79. The van der Waals surface area contributed by atoms with Crippen LogP contribution in [0.4, 0.5) is 27.6 Å². The van der Waals surface area contributed by atoms with Gasteiger partial charge in [0.1, 0.15) is 0 Å². The Morgan fingerprint density at radius 2 is 1.83 bits per heavy atom. The van der Waals surface area contributed by atoms with E-state index in [1.54, 1.807) is 6.07 Å². The number of rotatable bonds is 9. The zero-order valence-electron chi connectivity index (χ0n) is 22.3. The third-order valence-corrected chi connectivity index (χ3v) is 7.59. The van der Waals surface area contributed by atoms with Crippen LogP contribution in [0.25, 0.3) is 10.9 Å². The van der Waals surface area contributed by atoms with Crippen LogP contribution in [0.2, 0.25) is 5.02 Å². The van der Waals surface area contributed by atoms with Crippen molar-refractivity contribution in [1.82, 2.24) is 10.3 Å². The van der Waals surface area contributed by atoms with E-state index in [1.807, 2.05) is 0 Å². The molecular formula is C29H27BClF5N3O3. The average Bonchev–Trinajstić information content (AvgIpc) is 3.77. The number of fused-ring (bicyclic) bond motifs is 1. The van der Waals surface area contributed by atoms with Crippen LogP contribution in [0.1, 0.15) is 54.6 Å². The molecule has 42 heavy (non-hydrogen) atoms. The molecule has 0 unspecified atom stereocenters. The van der Waals surface area contributed by atoms with Crippen molar-refractivity contribution in [2.45, 2.75) is 63.4 Å². The number of hydrogen-bond acceptors (Lipinski definition) is 5. The Hall–Kier alpha value is -3.41. The minimum atomic E-state index is -4.63. The van der Waals surface area contributed by atoms with Crippen LogP contribution in [0.15, 0.2) is 42.5 Å². The van der Waals surface area contributed by atoms with Gasteiger partial charge in [0.2, 0.25) is 0 Å². The Balaban J connectivity index is 1.28. The van der Waals surface area contributed by atoms with Crippen LogP contribution < -0.4 is 20.1 Å². The fourth-order valence-electron chi connectivity index (χ4n) is 4.89. The topological polar surface area (TPSA) is 72.5 Å². The van der Waals surface area contributed by atoms with Gasteiger partial charge in [0.25, 0.3) is 0 Å². The molecular weight excluding hydrogens is 580 g/mol. The molecule has 1 heterocycles. The summed E-state index contributed by atoms with van der Waals surface area (Å²) >= 11 is 6.11. The summed E-state index contributed by atoms with van der Waals surface area (Å²) < 4.78 is 76.5. The fraction of sp³-hybridized carbons (Fsp3) is 0.414. The molecule has 2 fully saturated rings. The Labute approximate surface area is 245 Å². The van der Waals surface area contributed by atoms with Crippen LogP contribution >= 0.6 is 11.6 Å². The number of pyridine rings is 1. The van der Waals surface area contributed by atoms with E-state index in [-0.39, 0.29) is 34.3 Å². The second-order valence-corrected chi connectivity index (χ2v) is 11.0. The van der Waals surface area contributed by atoms with E-state index in [1.165, 1.54) is 30.3 Å². The van der Waals surface area contributed by atoms with Crippen LogP contribution in [-0.4, -0.2) is 49.1 Å². The van der Waals surface area contributed by atoms with Gasteiger partial charge in [0.05, 0.1) is 0 Å². The first-order valence-corrected chi connectivity index (χ1v) is 13.9. The molecule has 2 saturated carbocycles. The van der Waals surface area contributed by atoms with Crippen molar-refractivity contribution < 1.29 is 36.2 Å². The third kappa shape index (κ3) is 7.51. The van der Waals surface area contributed by atoms with E-state index in [9.17, 15) is 26.7 Å². The number of ether oxygens (including phenoxy) is 2. The van der Waals surface area contributed by atoms with E-state index in [0.717, 1.165) is 18.9 Å². The minimum absolute atomic E-state index is 0.0554. The van der Waals surface area contributed by atoms with Crippen LogP contribution in [-0.2, 0) is 6.18 Å². The fourth-order valence-corrected chi connectivity index (χ4v) is 5.07. The molecule has 2 aliphatic rings. The number of nitrogens with one attached hydrogen (secondary N) is 2. The number of nitrogens with zero attached hydrogens (tertiary/aromatic N) is 1.